The van der Waals surface area contributed by atoms with E-state index < -0.39 is 34.2 Å². The number of sulfonamides is 1. The molecule has 2 aromatic carbocycles. The fraction of sp³-hybridized carbons (Fsp3) is 0.391. The lowest BCUT2D eigenvalue weighted by molar-refractivity contribution is -0.123. The predicted octanol–water partition coefficient (Wildman–Crippen LogP) is 1.83. The molecule has 0 aromatic heterocycles. The third-order valence-electron chi connectivity index (χ3n) is 5.15. The van der Waals surface area contributed by atoms with E-state index in [9.17, 15) is 22.4 Å². The van der Waals surface area contributed by atoms with E-state index in [1.807, 2.05) is 0 Å². The fourth-order valence-electron chi connectivity index (χ4n) is 3.45. The molecule has 1 fully saturated rings. The Morgan fingerprint density at radius 1 is 1.18 bits per heavy atom. The van der Waals surface area contributed by atoms with Gasteiger partial charge in [-0.15, -0.1) is 0 Å². The highest BCUT2D eigenvalue weighted by Crippen LogP contribution is 2.28. The number of ether oxygens (including phenoxy) is 2. The molecule has 9 nitrogen and oxygen atoms in total. The Morgan fingerprint density at radius 3 is 2.59 bits per heavy atom. The standard InChI is InChI=1S/C23H28FN3O6S/c1-2-32-21-8-4-3-7-20(21)27(16-22(28)25-14-18-6-5-13-33-18)23(29)15-26-34(30,31)19-11-9-17(24)10-12-19/h3-4,7-12,18,26H,2,5-6,13-16H2,1H3,(H,25,28)/t18-/m1/s1. The zero-order chi connectivity index (χ0) is 24.6. The minimum absolute atomic E-state index is 0.0636. The molecule has 34 heavy (non-hydrogen) atoms. The summed E-state index contributed by atoms with van der Waals surface area (Å²) in [5.74, 6) is -1.28. The van der Waals surface area contributed by atoms with Crippen LogP contribution in [0.4, 0.5) is 10.1 Å². The van der Waals surface area contributed by atoms with Gasteiger partial charge >= 0.3 is 0 Å². The maximum Gasteiger partial charge on any atom is 0.242 e. The summed E-state index contributed by atoms with van der Waals surface area (Å²) in [6, 6.07) is 10.9. The van der Waals surface area contributed by atoms with Gasteiger partial charge < -0.3 is 14.8 Å². The van der Waals surface area contributed by atoms with E-state index in [-0.39, 0.29) is 17.5 Å². The summed E-state index contributed by atoms with van der Waals surface area (Å²) >= 11 is 0. The second-order valence-corrected chi connectivity index (χ2v) is 9.37. The number of anilines is 1. The summed E-state index contributed by atoms with van der Waals surface area (Å²) in [6.45, 7) is 2.15. The molecule has 1 aliphatic rings. The van der Waals surface area contributed by atoms with Crippen molar-refractivity contribution >= 4 is 27.5 Å². The number of amides is 2. The molecule has 1 aliphatic heterocycles. The molecule has 2 N–H and O–H groups in total. The Kier molecular flexibility index (Phi) is 8.97. The summed E-state index contributed by atoms with van der Waals surface area (Å²) in [4.78, 5) is 26.7. The van der Waals surface area contributed by atoms with Gasteiger partial charge in [0.05, 0.1) is 29.8 Å². The number of carbonyl (C=O) groups excluding carboxylic acids is 2. The third kappa shape index (κ3) is 6.99. The second kappa shape index (κ2) is 11.9. The highest BCUT2D eigenvalue weighted by atomic mass is 32.2. The smallest absolute Gasteiger partial charge is 0.242 e. The zero-order valence-electron chi connectivity index (χ0n) is 18.8. The van der Waals surface area contributed by atoms with Crippen molar-refractivity contribution in [2.75, 3.05) is 37.7 Å². The van der Waals surface area contributed by atoms with Crippen LogP contribution in [0, 0.1) is 5.82 Å². The molecule has 1 saturated heterocycles. The van der Waals surface area contributed by atoms with Crippen molar-refractivity contribution < 1.29 is 31.9 Å². The van der Waals surface area contributed by atoms with Crippen LogP contribution >= 0.6 is 0 Å². The quantitative estimate of drug-likeness (QED) is 0.494. The van der Waals surface area contributed by atoms with Gasteiger partial charge in [0.2, 0.25) is 21.8 Å². The average Bonchev–Trinajstić information content (AvgIpc) is 3.35. The molecule has 0 aliphatic carbocycles. The number of para-hydroxylation sites is 2. The number of nitrogens with zero attached hydrogens (tertiary/aromatic N) is 1. The lowest BCUT2D eigenvalue weighted by Crippen LogP contribution is -2.46. The van der Waals surface area contributed by atoms with Crippen molar-refractivity contribution in [3.05, 3.63) is 54.3 Å². The molecular formula is C23H28FN3O6S. The molecule has 3 rings (SSSR count). The van der Waals surface area contributed by atoms with Crippen LogP contribution in [0.2, 0.25) is 0 Å². The van der Waals surface area contributed by atoms with E-state index in [1.165, 1.54) is 4.90 Å². The van der Waals surface area contributed by atoms with Gasteiger partial charge in [-0.1, -0.05) is 12.1 Å². The lowest BCUT2D eigenvalue weighted by Gasteiger charge is -2.25. The molecule has 2 amide bonds. The molecular weight excluding hydrogens is 465 g/mol. The topological polar surface area (TPSA) is 114 Å². The summed E-state index contributed by atoms with van der Waals surface area (Å²) in [5, 5.41) is 2.76. The van der Waals surface area contributed by atoms with Gasteiger partial charge in [-0.25, -0.2) is 17.5 Å². The maximum absolute atomic E-state index is 13.1. The first-order valence-corrected chi connectivity index (χ1v) is 12.4. The first kappa shape index (κ1) is 25.6. The van der Waals surface area contributed by atoms with Crippen LogP contribution in [-0.4, -0.2) is 59.2 Å². The van der Waals surface area contributed by atoms with Gasteiger partial charge in [-0.3, -0.25) is 14.5 Å². The van der Waals surface area contributed by atoms with Crippen LogP contribution in [0.15, 0.2) is 53.4 Å². The number of halogens is 1. The van der Waals surface area contributed by atoms with Gasteiger partial charge in [0, 0.05) is 13.2 Å². The molecule has 1 heterocycles. The number of carbonyl (C=O) groups is 2. The van der Waals surface area contributed by atoms with Crippen LogP contribution in [-0.2, 0) is 24.3 Å². The van der Waals surface area contributed by atoms with E-state index in [0.717, 1.165) is 37.1 Å². The average molecular weight is 494 g/mol. The molecule has 1 atom stereocenters. The molecule has 2 aromatic rings. The lowest BCUT2D eigenvalue weighted by atomic mass is 10.2. The first-order chi connectivity index (χ1) is 16.3. The normalized spacial score (nSPS) is 15.6. The van der Waals surface area contributed by atoms with Gasteiger partial charge in [0.1, 0.15) is 18.1 Å². The Hall–Kier alpha value is -3.02. The number of benzene rings is 2. The summed E-state index contributed by atoms with van der Waals surface area (Å²) < 4.78 is 51.5. The molecule has 0 unspecified atom stereocenters. The summed E-state index contributed by atoms with van der Waals surface area (Å²) in [7, 11) is -4.07. The molecule has 0 radical (unpaired) electrons. The minimum Gasteiger partial charge on any atom is -0.492 e. The van der Waals surface area contributed by atoms with Crippen molar-refractivity contribution in [2.45, 2.75) is 30.8 Å². The summed E-state index contributed by atoms with van der Waals surface area (Å²) in [6.07, 6.45) is 1.72. The van der Waals surface area contributed by atoms with Gasteiger partial charge in [-0.2, -0.15) is 0 Å². The Labute approximate surface area is 198 Å². The highest BCUT2D eigenvalue weighted by molar-refractivity contribution is 7.89. The van der Waals surface area contributed by atoms with Gasteiger partial charge in [0.25, 0.3) is 0 Å². The van der Waals surface area contributed by atoms with E-state index in [4.69, 9.17) is 9.47 Å². The van der Waals surface area contributed by atoms with Crippen LogP contribution in [0.1, 0.15) is 19.8 Å². The fourth-order valence-corrected chi connectivity index (χ4v) is 4.42. The molecule has 0 spiro atoms. The van der Waals surface area contributed by atoms with Crippen molar-refractivity contribution in [1.82, 2.24) is 10.0 Å². The van der Waals surface area contributed by atoms with E-state index in [0.29, 0.717) is 31.2 Å². The van der Waals surface area contributed by atoms with Crippen LogP contribution in [0.3, 0.4) is 0 Å². The maximum atomic E-state index is 13.1. The van der Waals surface area contributed by atoms with Crippen molar-refractivity contribution in [3.8, 4) is 5.75 Å². The molecule has 11 heteroatoms. The van der Waals surface area contributed by atoms with Crippen LogP contribution in [0.25, 0.3) is 0 Å². The van der Waals surface area contributed by atoms with Crippen molar-refractivity contribution in [1.29, 1.82) is 0 Å². The second-order valence-electron chi connectivity index (χ2n) is 7.60. The van der Waals surface area contributed by atoms with Crippen molar-refractivity contribution in [3.63, 3.8) is 0 Å². The Balaban J connectivity index is 1.74. The molecule has 0 bridgehead atoms. The number of hydrogen-bond acceptors (Lipinski definition) is 6. The van der Waals surface area contributed by atoms with Crippen LogP contribution < -0.4 is 19.7 Å². The van der Waals surface area contributed by atoms with E-state index in [1.54, 1.807) is 31.2 Å². The van der Waals surface area contributed by atoms with E-state index >= 15 is 0 Å². The molecule has 184 valence electrons. The van der Waals surface area contributed by atoms with Crippen molar-refractivity contribution in [2.24, 2.45) is 0 Å². The number of hydrogen-bond donors (Lipinski definition) is 2. The number of rotatable bonds is 11. The SMILES string of the molecule is CCOc1ccccc1N(CC(=O)NC[C@H]1CCCO1)C(=O)CNS(=O)(=O)c1ccc(F)cc1. The van der Waals surface area contributed by atoms with Gasteiger partial charge in [0.15, 0.2) is 0 Å². The zero-order valence-corrected chi connectivity index (χ0v) is 19.6. The highest BCUT2D eigenvalue weighted by Gasteiger charge is 2.25. The Bertz CT molecular complexity index is 1090. The predicted molar refractivity (Wildman–Crippen MR) is 124 cm³/mol. The van der Waals surface area contributed by atoms with Gasteiger partial charge in [-0.05, 0) is 56.2 Å². The van der Waals surface area contributed by atoms with E-state index in [2.05, 4.69) is 10.0 Å². The Morgan fingerprint density at radius 2 is 1.91 bits per heavy atom. The molecule has 0 saturated carbocycles. The number of nitrogens with one attached hydrogen (secondary N) is 2. The minimum atomic E-state index is -4.07. The largest absolute Gasteiger partial charge is 0.492 e. The first-order valence-electron chi connectivity index (χ1n) is 11.0. The third-order valence-corrected chi connectivity index (χ3v) is 6.56. The monoisotopic (exact) mass is 493 g/mol. The summed E-state index contributed by atoms with van der Waals surface area (Å²) in [5.41, 5.74) is 0.336. The van der Waals surface area contributed by atoms with Crippen LogP contribution in [0.5, 0.6) is 5.75 Å².